The maximum atomic E-state index is 12.6. The van der Waals surface area contributed by atoms with E-state index in [9.17, 15) is 8.42 Å². The van der Waals surface area contributed by atoms with Crippen molar-refractivity contribution in [1.82, 2.24) is 9.62 Å². The van der Waals surface area contributed by atoms with Gasteiger partial charge in [-0.2, -0.15) is 4.31 Å². The number of halogens is 2. The van der Waals surface area contributed by atoms with Crippen LogP contribution < -0.4 is 5.32 Å². The predicted molar refractivity (Wildman–Crippen MR) is 81.9 cm³/mol. The molecule has 1 aliphatic heterocycles. The zero-order valence-electron chi connectivity index (χ0n) is 11.5. The van der Waals surface area contributed by atoms with E-state index in [1.165, 1.54) is 10.4 Å². The Labute approximate surface area is 130 Å². The van der Waals surface area contributed by atoms with E-state index in [-0.39, 0.29) is 20.5 Å². The van der Waals surface area contributed by atoms with Crippen molar-refractivity contribution >= 4 is 33.2 Å². The van der Waals surface area contributed by atoms with E-state index in [0.29, 0.717) is 13.1 Å². The minimum atomic E-state index is -3.58. The SMILES string of the molecule is CNC1(C)CCN(S(=O)(=O)c2cccc(Cl)c2Cl)CC1. The average molecular weight is 337 g/mol. The molecule has 4 nitrogen and oxygen atoms in total. The molecule has 1 N–H and O–H groups in total. The van der Waals surface area contributed by atoms with Crippen LogP contribution in [0.25, 0.3) is 0 Å². The van der Waals surface area contributed by atoms with E-state index < -0.39 is 10.0 Å². The highest BCUT2D eigenvalue weighted by Gasteiger charge is 2.35. The molecule has 0 aromatic heterocycles. The van der Waals surface area contributed by atoms with Crippen LogP contribution in [0.15, 0.2) is 23.1 Å². The molecule has 0 radical (unpaired) electrons. The largest absolute Gasteiger partial charge is 0.314 e. The summed E-state index contributed by atoms with van der Waals surface area (Å²) in [4.78, 5) is 0.0831. The van der Waals surface area contributed by atoms with E-state index in [0.717, 1.165) is 12.8 Å². The molecule has 2 rings (SSSR count). The standard InChI is InChI=1S/C13H18Cl2N2O2S/c1-13(16-2)6-8-17(9-7-13)20(18,19)11-5-3-4-10(14)12(11)15/h3-5,16H,6-9H2,1-2H3. The molecule has 1 aromatic carbocycles. The van der Waals surface area contributed by atoms with Crippen LogP contribution >= 0.6 is 23.2 Å². The summed E-state index contributed by atoms with van der Waals surface area (Å²) >= 11 is 11.9. The second-order valence-corrected chi connectivity index (χ2v) is 7.96. The first-order valence-electron chi connectivity index (χ1n) is 6.43. The Morgan fingerprint density at radius 1 is 1.25 bits per heavy atom. The number of nitrogens with zero attached hydrogens (tertiary/aromatic N) is 1. The van der Waals surface area contributed by atoms with Gasteiger partial charge in [-0.3, -0.25) is 0 Å². The van der Waals surface area contributed by atoms with Gasteiger partial charge in [0, 0.05) is 18.6 Å². The van der Waals surface area contributed by atoms with Crippen LogP contribution in [0.5, 0.6) is 0 Å². The van der Waals surface area contributed by atoms with Gasteiger partial charge < -0.3 is 5.32 Å². The molecule has 0 bridgehead atoms. The molecule has 1 aliphatic rings. The van der Waals surface area contributed by atoms with Gasteiger partial charge in [0.1, 0.15) is 4.90 Å². The normalized spacial score (nSPS) is 20.0. The topological polar surface area (TPSA) is 49.4 Å². The second-order valence-electron chi connectivity index (χ2n) is 5.27. The smallest absolute Gasteiger partial charge is 0.244 e. The van der Waals surface area contributed by atoms with Crippen molar-refractivity contribution in [1.29, 1.82) is 0 Å². The van der Waals surface area contributed by atoms with Gasteiger partial charge in [-0.25, -0.2) is 8.42 Å². The minimum Gasteiger partial charge on any atom is -0.314 e. The van der Waals surface area contributed by atoms with Gasteiger partial charge in [0.25, 0.3) is 0 Å². The highest BCUT2D eigenvalue weighted by Crippen LogP contribution is 2.33. The summed E-state index contributed by atoms with van der Waals surface area (Å²) < 4.78 is 26.7. The number of piperidine rings is 1. The fourth-order valence-electron chi connectivity index (χ4n) is 2.29. The summed E-state index contributed by atoms with van der Waals surface area (Å²) in [6.07, 6.45) is 1.53. The van der Waals surface area contributed by atoms with Crippen molar-refractivity contribution < 1.29 is 8.42 Å². The van der Waals surface area contributed by atoms with E-state index >= 15 is 0 Å². The van der Waals surface area contributed by atoms with Gasteiger partial charge in [-0.1, -0.05) is 29.3 Å². The molecule has 0 unspecified atom stereocenters. The molecular formula is C13H18Cl2N2O2S. The van der Waals surface area contributed by atoms with Gasteiger partial charge >= 0.3 is 0 Å². The third kappa shape index (κ3) is 2.97. The van der Waals surface area contributed by atoms with Crippen molar-refractivity contribution in [3.8, 4) is 0 Å². The van der Waals surface area contributed by atoms with E-state index in [4.69, 9.17) is 23.2 Å². The molecule has 1 heterocycles. The number of hydrogen-bond acceptors (Lipinski definition) is 3. The lowest BCUT2D eigenvalue weighted by Crippen LogP contribution is -2.51. The van der Waals surface area contributed by atoms with Gasteiger partial charge in [-0.15, -0.1) is 0 Å². The fraction of sp³-hybridized carbons (Fsp3) is 0.538. The number of sulfonamides is 1. The van der Waals surface area contributed by atoms with Gasteiger partial charge in [0.05, 0.1) is 10.0 Å². The van der Waals surface area contributed by atoms with Crippen LogP contribution in [0.1, 0.15) is 19.8 Å². The lowest BCUT2D eigenvalue weighted by molar-refractivity contribution is 0.219. The fourth-order valence-corrected chi connectivity index (χ4v) is 4.47. The first-order valence-corrected chi connectivity index (χ1v) is 8.63. The number of benzene rings is 1. The Morgan fingerprint density at radius 2 is 1.85 bits per heavy atom. The highest BCUT2D eigenvalue weighted by atomic mass is 35.5. The molecule has 7 heteroatoms. The Bertz CT molecular complexity index is 596. The molecule has 0 amide bonds. The molecule has 0 spiro atoms. The van der Waals surface area contributed by atoms with Gasteiger partial charge in [-0.05, 0) is 38.9 Å². The molecular weight excluding hydrogens is 319 g/mol. The Kier molecular flexibility index (Phi) is 4.66. The minimum absolute atomic E-state index is 0.00977. The maximum Gasteiger partial charge on any atom is 0.244 e. The van der Waals surface area contributed by atoms with Crippen molar-refractivity contribution in [2.75, 3.05) is 20.1 Å². The summed E-state index contributed by atoms with van der Waals surface area (Å²) in [5.74, 6) is 0. The van der Waals surface area contributed by atoms with Crippen molar-refractivity contribution in [2.45, 2.75) is 30.2 Å². The maximum absolute atomic E-state index is 12.6. The van der Waals surface area contributed by atoms with Crippen LogP contribution in [0, 0.1) is 0 Å². The summed E-state index contributed by atoms with van der Waals surface area (Å²) in [6.45, 7) is 3.05. The van der Waals surface area contributed by atoms with Crippen LogP contribution in [-0.2, 0) is 10.0 Å². The van der Waals surface area contributed by atoms with E-state index in [1.54, 1.807) is 12.1 Å². The first kappa shape index (κ1) is 16.0. The molecule has 20 heavy (non-hydrogen) atoms. The molecule has 1 saturated heterocycles. The van der Waals surface area contributed by atoms with Crippen LogP contribution in [0.3, 0.4) is 0 Å². The zero-order chi connectivity index (χ0) is 15.0. The second kappa shape index (κ2) is 5.81. The summed E-state index contributed by atoms with van der Waals surface area (Å²) in [6, 6.07) is 4.68. The first-order chi connectivity index (χ1) is 9.30. The van der Waals surface area contributed by atoms with Crippen LogP contribution in [0.2, 0.25) is 10.0 Å². The summed E-state index contributed by atoms with van der Waals surface area (Å²) in [7, 11) is -1.68. The monoisotopic (exact) mass is 336 g/mol. The number of rotatable bonds is 3. The Balaban J connectivity index is 2.27. The van der Waals surface area contributed by atoms with Crippen LogP contribution in [0.4, 0.5) is 0 Å². The molecule has 1 fully saturated rings. The Morgan fingerprint density at radius 3 is 2.40 bits per heavy atom. The lowest BCUT2D eigenvalue weighted by atomic mass is 9.91. The number of nitrogens with one attached hydrogen (secondary N) is 1. The average Bonchev–Trinajstić information content (AvgIpc) is 2.42. The molecule has 0 saturated carbocycles. The molecule has 0 atom stereocenters. The lowest BCUT2D eigenvalue weighted by Gasteiger charge is -2.38. The third-order valence-electron chi connectivity index (χ3n) is 3.96. The van der Waals surface area contributed by atoms with Crippen molar-refractivity contribution in [3.05, 3.63) is 28.2 Å². The third-order valence-corrected chi connectivity index (χ3v) is 6.84. The van der Waals surface area contributed by atoms with E-state index in [1.807, 2.05) is 7.05 Å². The van der Waals surface area contributed by atoms with Crippen LogP contribution in [-0.4, -0.2) is 38.4 Å². The summed E-state index contributed by atoms with van der Waals surface area (Å²) in [5.41, 5.74) is -0.00977. The quantitative estimate of drug-likeness (QED) is 0.923. The van der Waals surface area contributed by atoms with Crippen molar-refractivity contribution in [2.24, 2.45) is 0 Å². The van der Waals surface area contributed by atoms with Gasteiger partial charge in [0.2, 0.25) is 10.0 Å². The summed E-state index contributed by atoms with van der Waals surface area (Å²) in [5, 5.41) is 3.59. The van der Waals surface area contributed by atoms with E-state index in [2.05, 4.69) is 12.2 Å². The molecule has 1 aromatic rings. The predicted octanol–water partition coefficient (Wildman–Crippen LogP) is 2.76. The number of hydrogen-bond donors (Lipinski definition) is 1. The molecule has 112 valence electrons. The van der Waals surface area contributed by atoms with Gasteiger partial charge in [0.15, 0.2) is 0 Å². The highest BCUT2D eigenvalue weighted by molar-refractivity contribution is 7.89. The van der Waals surface area contributed by atoms with Crippen molar-refractivity contribution in [3.63, 3.8) is 0 Å². The molecule has 0 aliphatic carbocycles. The Hall–Kier alpha value is -0.330. The zero-order valence-corrected chi connectivity index (χ0v) is 13.8.